The molecule has 1 aromatic carbocycles. The largest absolute Gasteiger partial charge is 0.378 e. The zero-order valence-corrected chi connectivity index (χ0v) is 15.1. The van der Waals surface area contributed by atoms with Gasteiger partial charge in [0.15, 0.2) is 6.10 Å². The van der Waals surface area contributed by atoms with Gasteiger partial charge in [-0.3, -0.25) is 9.59 Å². The summed E-state index contributed by atoms with van der Waals surface area (Å²) in [6, 6.07) is 6.73. The Hall–Kier alpha value is -1.59. The van der Waals surface area contributed by atoms with Crippen molar-refractivity contribution in [3.63, 3.8) is 0 Å². The maximum atomic E-state index is 12.5. The Labute approximate surface area is 153 Å². The Morgan fingerprint density at radius 3 is 2.48 bits per heavy atom. The van der Waals surface area contributed by atoms with Crippen LogP contribution in [0.2, 0.25) is 5.02 Å². The van der Waals surface area contributed by atoms with Crippen molar-refractivity contribution >= 4 is 23.4 Å². The van der Waals surface area contributed by atoms with E-state index in [1.807, 2.05) is 4.90 Å². The number of hydrogen-bond acceptors (Lipinski definition) is 3. The van der Waals surface area contributed by atoms with Gasteiger partial charge in [-0.05, 0) is 49.3 Å². The number of aliphatic hydroxyl groups is 1. The molecular weight excluding hydrogens is 340 g/mol. The number of benzene rings is 1. The van der Waals surface area contributed by atoms with Crippen LogP contribution in [-0.2, 0) is 9.59 Å². The quantitative estimate of drug-likeness (QED) is 0.873. The molecule has 2 amide bonds. The minimum atomic E-state index is -1.13. The van der Waals surface area contributed by atoms with Crippen molar-refractivity contribution < 1.29 is 14.7 Å². The molecule has 0 radical (unpaired) electrons. The number of carbonyl (C=O) groups excluding carboxylic acids is 2. The first kappa shape index (κ1) is 18.2. The summed E-state index contributed by atoms with van der Waals surface area (Å²) in [5.74, 6) is 0.583. The second-order valence-electron chi connectivity index (χ2n) is 7.00. The molecule has 25 heavy (non-hydrogen) atoms. The van der Waals surface area contributed by atoms with Crippen molar-refractivity contribution in [1.82, 2.24) is 9.80 Å². The van der Waals surface area contributed by atoms with Crippen LogP contribution in [0, 0.1) is 5.92 Å². The van der Waals surface area contributed by atoms with Crippen LogP contribution in [0.5, 0.6) is 0 Å². The Balaban J connectivity index is 1.45. The monoisotopic (exact) mass is 364 g/mol. The Kier molecular flexibility index (Phi) is 5.97. The molecule has 1 N–H and O–H groups in total. The fourth-order valence-electron chi connectivity index (χ4n) is 3.68. The molecule has 3 rings (SSSR count). The van der Waals surface area contributed by atoms with Gasteiger partial charge >= 0.3 is 0 Å². The number of carbonyl (C=O) groups is 2. The number of halogens is 1. The number of nitrogens with zero attached hydrogens (tertiary/aromatic N) is 2. The lowest BCUT2D eigenvalue weighted by atomic mass is 9.93. The van der Waals surface area contributed by atoms with Crippen LogP contribution in [0.1, 0.15) is 43.8 Å². The van der Waals surface area contributed by atoms with Gasteiger partial charge in [-0.2, -0.15) is 0 Å². The number of piperidine rings is 1. The van der Waals surface area contributed by atoms with Crippen LogP contribution < -0.4 is 0 Å². The van der Waals surface area contributed by atoms with Gasteiger partial charge in [0.1, 0.15) is 0 Å². The predicted molar refractivity (Wildman–Crippen MR) is 96.1 cm³/mol. The first-order chi connectivity index (χ1) is 12.0. The Bertz CT molecular complexity index is 612. The van der Waals surface area contributed by atoms with E-state index in [-0.39, 0.29) is 11.8 Å². The van der Waals surface area contributed by atoms with Crippen molar-refractivity contribution in [2.75, 3.05) is 26.2 Å². The van der Waals surface area contributed by atoms with Gasteiger partial charge in [0.05, 0.1) is 0 Å². The summed E-state index contributed by atoms with van der Waals surface area (Å²) >= 11 is 5.84. The van der Waals surface area contributed by atoms with E-state index in [1.54, 1.807) is 29.2 Å². The molecular formula is C19H25ClN2O3. The smallest absolute Gasteiger partial charge is 0.256 e. The molecule has 0 aliphatic carbocycles. The first-order valence-electron chi connectivity index (χ1n) is 9.04. The molecule has 2 aliphatic heterocycles. The average Bonchev–Trinajstić information content (AvgIpc) is 3.05. The highest BCUT2D eigenvalue weighted by atomic mass is 35.5. The Morgan fingerprint density at radius 1 is 1.20 bits per heavy atom. The highest BCUT2D eigenvalue weighted by Gasteiger charge is 2.28. The Morgan fingerprint density at radius 2 is 1.88 bits per heavy atom. The summed E-state index contributed by atoms with van der Waals surface area (Å²) in [5.41, 5.74) is 0.573. The van der Waals surface area contributed by atoms with Crippen LogP contribution >= 0.6 is 11.6 Å². The lowest BCUT2D eigenvalue weighted by molar-refractivity contribution is -0.142. The fourth-order valence-corrected chi connectivity index (χ4v) is 3.81. The molecule has 2 aliphatic rings. The molecule has 0 spiro atoms. The van der Waals surface area contributed by atoms with E-state index in [0.717, 1.165) is 38.8 Å². The molecule has 136 valence electrons. The lowest BCUT2D eigenvalue weighted by Gasteiger charge is -2.34. The van der Waals surface area contributed by atoms with Gasteiger partial charge in [0.25, 0.3) is 5.91 Å². The lowest BCUT2D eigenvalue weighted by Crippen LogP contribution is -2.41. The van der Waals surface area contributed by atoms with Gasteiger partial charge in [0.2, 0.25) is 5.91 Å². The molecule has 0 saturated carbocycles. The molecule has 2 fully saturated rings. The van der Waals surface area contributed by atoms with E-state index >= 15 is 0 Å². The van der Waals surface area contributed by atoms with Crippen molar-refractivity contribution in [3.8, 4) is 0 Å². The van der Waals surface area contributed by atoms with Gasteiger partial charge < -0.3 is 14.9 Å². The summed E-state index contributed by atoms with van der Waals surface area (Å²) in [7, 11) is 0. The maximum Gasteiger partial charge on any atom is 0.256 e. The zero-order chi connectivity index (χ0) is 17.8. The highest BCUT2D eigenvalue weighted by molar-refractivity contribution is 6.30. The average molecular weight is 365 g/mol. The SMILES string of the molecule is O=C1CCCN1CCC1CCN(C(=O)[C@@H](O)c2ccc(Cl)cc2)CC1. The minimum absolute atomic E-state index is 0.240. The number of amides is 2. The maximum absolute atomic E-state index is 12.5. The van der Waals surface area contributed by atoms with Crippen LogP contribution in [-0.4, -0.2) is 52.9 Å². The normalized spacial score (nSPS) is 20.2. The number of aliphatic hydroxyl groups excluding tert-OH is 1. The third-order valence-electron chi connectivity index (χ3n) is 5.32. The van der Waals surface area contributed by atoms with Gasteiger partial charge in [-0.1, -0.05) is 23.7 Å². The first-order valence-corrected chi connectivity index (χ1v) is 9.42. The standard InChI is InChI=1S/C19H25ClN2O3/c20-16-5-3-15(4-6-16)18(24)19(25)22-12-8-14(9-13-22)7-11-21-10-1-2-17(21)23/h3-6,14,18,24H,1-2,7-13H2/t18-/m0/s1. The topological polar surface area (TPSA) is 60.9 Å². The molecule has 0 aromatic heterocycles. The molecule has 1 atom stereocenters. The third kappa shape index (κ3) is 4.53. The fraction of sp³-hybridized carbons (Fsp3) is 0.579. The highest BCUT2D eigenvalue weighted by Crippen LogP contribution is 2.25. The van der Waals surface area contributed by atoms with Crippen molar-refractivity contribution in [3.05, 3.63) is 34.9 Å². The molecule has 0 unspecified atom stereocenters. The van der Waals surface area contributed by atoms with Crippen LogP contribution in [0.25, 0.3) is 0 Å². The minimum Gasteiger partial charge on any atom is -0.378 e. The van der Waals surface area contributed by atoms with Gasteiger partial charge in [0, 0.05) is 37.6 Å². The van der Waals surface area contributed by atoms with Crippen molar-refractivity contribution in [2.24, 2.45) is 5.92 Å². The molecule has 5 nitrogen and oxygen atoms in total. The molecule has 2 heterocycles. The van der Waals surface area contributed by atoms with Gasteiger partial charge in [-0.15, -0.1) is 0 Å². The zero-order valence-electron chi connectivity index (χ0n) is 14.4. The second-order valence-corrected chi connectivity index (χ2v) is 7.43. The molecule has 6 heteroatoms. The van der Waals surface area contributed by atoms with E-state index in [4.69, 9.17) is 11.6 Å². The van der Waals surface area contributed by atoms with E-state index in [1.165, 1.54) is 0 Å². The summed E-state index contributed by atoms with van der Waals surface area (Å²) in [6.45, 7) is 3.07. The van der Waals surface area contributed by atoms with Gasteiger partial charge in [-0.25, -0.2) is 0 Å². The van der Waals surface area contributed by atoms with Crippen molar-refractivity contribution in [2.45, 2.75) is 38.2 Å². The van der Waals surface area contributed by atoms with Crippen LogP contribution in [0.4, 0.5) is 0 Å². The molecule has 1 aromatic rings. The number of rotatable bonds is 5. The third-order valence-corrected chi connectivity index (χ3v) is 5.58. The molecule has 2 saturated heterocycles. The summed E-state index contributed by atoms with van der Waals surface area (Å²) in [4.78, 5) is 27.9. The second kappa shape index (κ2) is 8.19. The number of hydrogen-bond donors (Lipinski definition) is 1. The van der Waals surface area contributed by atoms with Crippen LogP contribution in [0.15, 0.2) is 24.3 Å². The summed E-state index contributed by atoms with van der Waals surface area (Å²) < 4.78 is 0. The predicted octanol–water partition coefficient (Wildman–Crippen LogP) is 2.62. The van der Waals surface area contributed by atoms with E-state index in [2.05, 4.69) is 0 Å². The summed E-state index contributed by atoms with van der Waals surface area (Å²) in [6.07, 6.45) is 3.41. The van der Waals surface area contributed by atoms with E-state index in [9.17, 15) is 14.7 Å². The van der Waals surface area contributed by atoms with Crippen molar-refractivity contribution in [1.29, 1.82) is 0 Å². The van der Waals surface area contributed by atoms with E-state index < -0.39 is 6.10 Å². The van der Waals surface area contributed by atoms with Crippen LogP contribution in [0.3, 0.4) is 0 Å². The summed E-state index contributed by atoms with van der Waals surface area (Å²) in [5, 5.41) is 10.9. The molecule has 0 bridgehead atoms. The van der Waals surface area contributed by atoms with E-state index in [0.29, 0.717) is 36.0 Å². The number of likely N-dealkylation sites (tertiary alicyclic amines) is 2.